The summed E-state index contributed by atoms with van der Waals surface area (Å²) >= 11 is 1.40. The minimum atomic E-state index is -0.136. The molecular weight excluding hydrogens is 238 g/mol. The topological polar surface area (TPSA) is 73.9 Å². The van der Waals surface area contributed by atoms with E-state index in [4.69, 9.17) is 0 Å². The third kappa shape index (κ3) is 3.19. The summed E-state index contributed by atoms with van der Waals surface area (Å²) in [6, 6.07) is 0. The molecule has 1 saturated heterocycles. The Morgan fingerprint density at radius 1 is 1.47 bits per heavy atom. The number of hydrogen-bond acceptors (Lipinski definition) is 5. The van der Waals surface area contributed by atoms with Crippen molar-refractivity contribution in [3.8, 4) is 0 Å². The molecule has 17 heavy (non-hydrogen) atoms. The van der Waals surface area contributed by atoms with E-state index >= 15 is 0 Å². The van der Waals surface area contributed by atoms with E-state index in [1.165, 1.54) is 11.8 Å². The van der Waals surface area contributed by atoms with E-state index < -0.39 is 0 Å². The van der Waals surface area contributed by atoms with E-state index in [0.717, 1.165) is 32.0 Å². The number of H-pyrrole nitrogens is 1. The van der Waals surface area contributed by atoms with E-state index in [1.54, 1.807) is 0 Å². The summed E-state index contributed by atoms with van der Waals surface area (Å²) in [6.07, 6.45) is 0. The Labute approximate surface area is 105 Å². The number of aromatic nitrogens is 3. The quantitative estimate of drug-likeness (QED) is 0.745. The lowest BCUT2D eigenvalue weighted by atomic mass is 10.3. The van der Waals surface area contributed by atoms with Gasteiger partial charge in [0.15, 0.2) is 0 Å². The van der Waals surface area contributed by atoms with Gasteiger partial charge in [-0.15, -0.1) is 5.10 Å². The molecular formula is C10H17N5OS. The fourth-order valence-electron chi connectivity index (χ4n) is 1.73. The van der Waals surface area contributed by atoms with Crippen LogP contribution in [0.3, 0.4) is 0 Å². The fourth-order valence-corrected chi connectivity index (χ4v) is 2.58. The van der Waals surface area contributed by atoms with Crippen LogP contribution in [0, 0.1) is 6.92 Å². The monoisotopic (exact) mass is 255 g/mol. The Kier molecular flexibility index (Phi) is 4.01. The number of aromatic amines is 1. The highest BCUT2D eigenvalue weighted by molar-refractivity contribution is 8.00. The van der Waals surface area contributed by atoms with Crippen molar-refractivity contribution in [2.45, 2.75) is 24.3 Å². The lowest BCUT2D eigenvalue weighted by Gasteiger charge is -2.29. The van der Waals surface area contributed by atoms with Gasteiger partial charge in [0.2, 0.25) is 11.1 Å². The van der Waals surface area contributed by atoms with Gasteiger partial charge < -0.3 is 10.2 Å². The molecule has 2 N–H and O–H groups in total. The number of aryl methyl sites for hydroxylation is 1. The van der Waals surface area contributed by atoms with Crippen molar-refractivity contribution in [3.63, 3.8) is 0 Å². The standard InChI is InChI=1S/C10H17N5OS/c1-7(17-10-12-8(2)13-14-10)9(16)15-5-3-11-4-6-15/h7,11H,3-6H2,1-2H3,(H,12,13,14). The molecule has 1 fully saturated rings. The van der Waals surface area contributed by atoms with E-state index in [-0.39, 0.29) is 11.2 Å². The van der Waals surface area contributed by atoms with Crippen LogP contribution in [0.1, 0.15) is 12.7 Å². The summed E-state index contributed by atoms with van der Waals surface area (Å²) in [5.41, 5.74) is 0. The van der Waals surface area contributed by atoms with Crippen LogP contribution in [0.5, 0.6) is 0 Å². The number of rotatable bonds is 3. The molecule has 0 aromatic carbocycles. The van der Waals surface area contributed by atoms with Crippen molar-refractivity contribution in [1.82, 2.24) is 25.4 Å². The zero-order chi connectivity index (χ0) is 12.3. The van der Waals surface area contributed by atoms with Crippen LogP contribution in [0.15, 0.2) is 5.16 Å². The highest BCUT2D eigenvalue weighted by atomic mass is 32.2. The maximum Gasteiger partial charge on any atom is 0.235 e. The predicted molar refractivity (Wildman–Crippen MR) is 65.9 cm³/mol. The van der Waals surface area contributed by atoms with Crippen LogP contribution in [0.25, 0.3) is 0 Å². The minimum Gasteiger partial charge on any atom is -0.339 e. The van der Waals surface area contributed by atoms with Crippen molar-refractivity contribution >= 4 is 17.7 Å². The first-order chi connectivity index (χ1) is 8.16. The molecule has 2 rings (SSSR count). The van der Waals surface area contributed by atoms with Crippen LogP contribution >= 0.6 is 11.8 Å². The maximum atomic E-state index is 12.1. The second-order valence-electron chi connectivity index (χ2n) is 4.04. The number of thioether (sulfide) groups is 1. The predicted octanol–water partition coefficient (Wildman–Crippen LogP) is 0.0255. The number of carbonyl (C=O) groups excluding carboxylic acids is 1. The van der Waals surface area contributed by atoms with E-state index in [1.807, 2.05) is 18.7 Å². The molecule has 2 heterocycles. The number of nitrogens with zero attached hydrogens (tertiary/aromatic N) is 3. The van der Waals surface area contributed by atoms with Crippen molar-refractivity contribution < 1.29 is 4.79 Å². The smallest absolute Gasteiger partial charge is 0.235 e. The van der Waals surface area contributed by atoms with Crippen molar-refractivity contribution in [2.75, 3.05) is 26.2 Å². The Bertz CT molecular complexity index is 388. The molecule has 7 heteroatoms. The molecule has 1 amide bonds. The molecule has 1 unspecified atom stereocenters. The molecule has 1 aromatic heterocycles. The molecule has 1 aromatic rings. The number of hydrogen-bond donors (Lipinski definition) is 2. The summed E-state index contributed by atoms with van der Waals surface area (Å²) in [5.74, 6) is 0.938. The van der Waals surface area contributed by atoms with Crippen molar-refractivity contribution in [3.05, 3.63) is 5.82 Å². The van der Waals surface area contributed by atoms with Gasteiger partial charge in [-0.2, -0.15) is 0 Å². The summed E-state index contributed by atoms with van der Waals surface area (Å²) in [5, 5.41) is 10.5. The van der Waals surface area contributed by atoms with E-state index in [0.29, 0.717) is 5.16 Å². The lowest BCUT2D eigenvalue weighted by Crippen LogP contribution is -2.48. The molecule has 6 nitrogen and oxygen atoms in total. The molecule has 0 saturated carbocycles. The molecule has 94 valence electrons. The first-order valence-electron chi connectivity index (χ1n) is 5.72. The SMILES string of the molecule is Cc1nc(SC(C)C(=O)N2CCNCC2)n[nH]1. The van der Waals surface area contributed by atoms with E-state index in [9.17, 15) is 4.79 Å². The summed E-state index contributed by atoms with van der Waals surface area (Å²) < 4.78 is 0. The molecule has 1 aliphatic rings. The van der Waals surface area contributed by atoms with Crippen LogP contribution in [0.4, 0.5) is 0 Å². The average Bonchev–Trinajstić information content (AvgIpc) is 2.75. The van der Waals surface area contributed by atoms with Gasteiger partial charge in [-0.3, -0.25) is 9.89 Å². The van der Waals surface area contributed by atoms with Crippen molar-refractivity contribution in [1.29, 1.82) is 0 Å². The zero-order valence-electron chi connectivity index (χ0n) is 10.1. The van der Waals surface area contributed by atoms with Gasteiger partial charge >= 0.3 is 0 Å². The average molecular weight is 255 g/mol. The Hall–Kier alpha value is -1.08. The molecule has 0 spiro atoms. The van der Waals surface area contributed by atoms with Crippen LogP contribution < -0.4 is 5.32 Å². The van der Waals surface area contributed by atoms with Gasteiger partial charge in [0.1, 0.15) is 5.82 Å². The van der Waals surface area contributed by atoms with Gasteiger partial charge in [0, 0.05) is 26.2 Å². The van der Waals surface area contributed by atoms with E-state index in [2.05, 4.69) is 20.5 Å². The summed E-state index contributed by atoms with van der Waals surface area (Å²) in [4.78, 5) is 18.2. The Morgan fingerprint density at radius 3 is 2.76 bits per heavy atom. The van der Waals surface area contributed by atoms with Gasteiger partial charge in [0.25, 0.3) is 0 Å². The number of amides is 1. The fraction of sp³-hybridized carbons (Fsp3) is 0.700. The van der Waals surface area contributed by atoms with Crippen molar-refractivity contribution in [2.24, 2.45) is 0 Å². The number of piperazine rings is 1. The summed E-state index contributed by atoms with van der Waals surface area (Å²) in [7, 11) is 0. The Balaban J connectivity index is 1.90. The third-order valence-corrected chi connectivity index (χ3v) is 3.58. The largest absolute Gasteiger partial charge is 0.339 e. The highest BCUT2D eigenvalue weighted by Crippen LogP contribution is 2.20. The lowest BCUT2D eigenvalue weighted by molar-refractivity contribution is -0.130. The Morgan fingerprint density at radius 2 is 2.18 bits per heavy atom. The normalized spacial score (nSPS) is 18.1. The van der Waals surface area contributed by atoms with Gasteiger partial charge in [0.05, 0.1) is 5.25 Å². The molecule has 0 radical (unpaired) electrons. The second kappa shape index (κ2) is 5.50. The number of nitrogens with one attached hydrogen (secondary N) is 2. The van der Waals surface area contributed by atoms with Gasteiger partial charge in [-0.25, -0.2) is 4.98 Å². The van der Waals surface area contributed by atoms with Gasteiger partial charge in [-0.1, -0.05) is 11.8 Å². The van der Waals surface area contributed by atoms with Gasteiger partial charge in [-0.05, 0) is 13.8 Å². The molecule has 1 aliphatic heterocycles. The highest BCUT2D eigenvalue weighted by Gasteiger charge is 2.23. The maximum absolute atomic E-state index is 12.1. The second-order valence-corrected chi connectivity index (χ2v) is 5.35. The molecule has 0 bridgehead atoms. The molecule has 1 atom stereocenters. The molecule has 0 aliphatic carbocycles. The first-order valence-corrected chi connectivity index (χ1v) is 6.60. The zero-order valence-corrected chi connectivity index (χ0v) is 10.9. The minimum absolute atomic E-state index is 0.136. The third-order valence-electron chi connectivity index (χ3n) is 2.64. The first kappa shape index (κ1) is 12.4. The number of carbonyl (C=O) groups is 1. The van der Waals surface area contributed by atoms with Crippen LogP contribution in [-0.2, 0) is 4.79 Å². The van der Waals surface area contributed by atoms with Crippen LogP contribution in [0.2, 0.25) is 0 Å². The van der Waals surface area contributed by atoms with Crippen LogP contribution in [-0.4, -0.2) is 57.4 Å². The summed E-state index contributed by atoms with van der Waals surface area (Å²) in [6.45, 7) is 7.08.